The van der Waals surface area contributed by atoms with Crippen LogP contribution in [0, 0.1) is 5.82 Å². The highest BCUT2D eigenvalue weighted by Crippen LogP contribution is 2.24. The van der Waals surface area contributed by atoms with E-state index in [1.165, 1.54) is 41.0 Å². The number of carboxylic acids is 1. The van der Waals surface area contributed by atoms with Crippen LogP contribution < -0.4 is 5.69 Å². The molecule has 106 valence electrons. The summed E-state index contributed by atoms with van der Waals surface area (Å²) in [6.45, 7) is 0. The van der Waals surface area contributed by atoms with Crippen molar-refractivity contribution in [2.45, 2.75) is 0 Å². The van der Waals surface area contributed by atoms with Crippen LogP contribution in [0.2, 0.25) is 0 Å². The maximum Gasteiger partial charge on any atom is 0.335 e. The van der Waals surface area contributed by atoms with E-state index in [1.54, 1.807) is 0 Å². The predicted molar refractivity (Wildman–Crippen MR) is 78.5 cm³/mol. The zero-order valence-corrected chi connectivity index (χ0v) is 12.0. The van der Waals surface area contributed by atoms with Gasteiger partial charge in [0, 0.05) is 4.47 Å². The average molecular weight is 351 g/mol. The number of hydrogen-bond donors (Lipinski definition) is 2. The molecule has 1 heterocycles. The van der Waals surface area contributed by atoms with Crippen LogP contribution in [-0.4, -0.2) is 20.6 Å². The number of fused-ring (bicyclic) bond motifs is 1. The average Bonchev–Trinajstić information content (AvgIpc) is 2.76. The number of imidazole rings is 1. The molecule has 0 bridgehead atoms. The first-order chi connectivity index (χ1) is 9.97. The molecule has 2 N–H and O–H groups in total. The van der Waals surface area contributed by atoms with Gasteiger partial charge in [-0.05, 0) is 52.3 Å². The largest absolute Gasteiger partial charge is 0.478 e. The van der Waals surface area contributed by atoms with Gasteiger partial charge in [-0.3, -0.25) is 4.57 Å². The number of aromatic amines is 1. The molecule has 7 heteroatoms. The van der Waals surface area contributed by atoms with Gasteiger partial charge in [0.25, 0.3) is 0 Å². The number of benzene rings is 2. The number of nitrogens with zero attached hydrogens (tertiary/aromatic N) is 1. The fourth-order valence-corrected chi connectivity index (χ4v) is 2.56. The molecule has 3 rings (SSSR count). The lowest BCUT2D eigenvalue weighted by atomic mass is 10.2. The van der Waals surface area contributed by atoms with Gasteiger partial charge in [-0.2, -0.15) is 0 Å². The number of carbonyl (C=O) groups is 1. The first kappa shape index (κ1) is 13.6. The van der Waals surface area contributed by atoms with Crippen LogP contribution in [0.5, 0.6) is 0 Å². The molecule has 21 heavy (non-hydrogen) atoms. The van der Waals surface area contributed by atoms with Gasteiger partial charge in [0.2, 0.25) is 0 Å². The van der Waals surface area contributed by atoms with Gasteiger partial charge in [0.1, 0.15) is 5.82 Å². The number of aromatic carboxylic acids is 1. The summed E-state index contributed by atoms with van der Waals surface area (Å²) in [5.74, 6) is -1.60. The van der Waals surface area contributed by atoms with Crippen molar-refractivity contribution in [1.82, 2.24) is 9.55 Å². The molecule has 0 radical (unpaired) electrons. The minimum Gasteiger partial charge on any atom is -0.478 e. The summed E-state index contributed by atoms with van der Waals surface area (Å²) in [4.78, 5) is 25.8. The monoisotopic (exact) mass is 350 g/mol. The summed E-state index contributed by atoms with van der Waals surface area (Å²) >= 11 is 3.26. The second-order valence-corrected chi connectivity index (χ2v) is 5.25. The van der Waals surface area contributed by atoms with E-state index in [9.17, 15) is 14.0 Å². The molecule has 0 saturated carbocycles. The summed E-state index contributed by atoms with van der Waals surface area (Å²) in [7, 11) is 0. The third-order valence-electron chi connectivity index (χ3n) is 3.08. The van der Waals surface area contributed by atoms with Gasteiger partial charge in [0.05, 0.1) is 22.3 Å². The number of nitrogens with one attached hydrogen (secondary N) is 1. The number of aromatic nitrogens is 2. The molecule has 0 aliphatic heterocycles. The lowest BCUT2D eigenvalue weighted by Crippen LogP contribution is -2.15. The van der Waals surface area contributed by atoms with Crippen LogP contribution in [0.3, 0.4) is 0 Å². The van der Waals surface area contributed by atoms with Gasteiger partial charge < -0.3 is 10.1 Å². The summed E-state index contributed by atoms with van der Waals surface area (Å²) in [6.07, 6.45) is 0. The zero-order chi connectivity index (χ0) is 15.1. The normalized spacial score (nSPS) is 11.0. The first-order valence-corrected chi connectivity index (χ1v) is 6.70. The highest BCUT2D eigenvalue weighted by Gasteiger charge is 2.14. The van der Waals surface area contributed by atoms with Crippen LogP contribution in [0.1, 0.15) is 10.4 Å². The number of halogens is 2. The smallest absolute Gasteiger partial charge is 0.335 e. The van der Waals surface area contributed by atoms with Crippen LogP contribution in [-0.2, 0) is 0 Å². The second kappa shape index (κ2) is 4.85. The van der Waals surface area contributed by atoms with Crippen LogP contribution in [0.15, 0.2) is 45.7 Å². The maximum atomic E-state index is 13.4. The van der Waals surface area contributed by atoms with E-state index in [1.807, 2.05) is 0 Å². The molecule has 0 aliphatic carbocycles. The molecule has 0 saturated heterocycles. The van der Waals surface area contributed by atoms with Crippen molar-refractivity contribution < 1.29 is 14.3 Å². The number of rotatable bonds is 2. The summed E-state index contributed by atoms with van der Waals surface area (Å²) in [5.41, 5.74) is 0.711. The van der Waals surface area contributed by atoms with Gasteiger partial charge in [-0.15, -0.1) is 0 Å². The third kappa shape index (κ3) is 2.25. The van der Waals surface area contributed by atoms with Crippen molar-refractivity contribution in [2.75, 3.05) is 0 Å². The molecule has 0 fully saturated rings. The Hall–Kier alpha value is -2.41. The quantitative estimate of drug-likeness (QED) is 0.746. The SMILES string of the molecule is O=C(O)c1ccc2[nH]c(=O)n(-c3cc(F)ccc3Br)c2c1. The Balaban J connectivity index is 2.38. The number of hydrogen-bond acceptors (Lipinski definition) is 2. The minimum atomic E-state index is -1.10. The molecule has 5 nitrogen and oxygen atoms in total. The van der Waals surface area contributed by atoms with Gasteiger partial charge >= 0.3 is 11.7 Å². The van der Waals surface area contributed by atoms with Crippen molar-refractivity contribution in [3.8, 4) is 5.69 Å². The molecule has 0 atom stereocenters. The van der Waals surface area contributed by atoms with Crippen molar-refractivity contribution in [3.63, 3.8) is 0 Å². The van der Waals surface area contributed by atoms with Crippen molar-refractivity contribution in [2.24, 2.45) is 0 Å². The van der Waals surface area contributed by atoms with Crippen LogP contribution >= 0.6 is 15.9 Å². The first-order valence-electron chi connectivity index (χ1n) is 5.91. The van der Waals surface area contributed by atoms with Gasteiger partial charge in [-0.1, -0.05) is 0 Å². The third-order valence-corrected chi connectivity index (χ3v) is 3.75. The zero-order valence-electron chi connectivity index (χ0n) is 10.4. The van der Waals surface area contributed by atoms with E-state index in [4.69, 9.17) is 5.11 Å². The summed E-state index contributed by atoms with van der Waals surface area (Å²) in [5, 5.41) is 9.04. The Labute approximate surface area is 125 Å². The Kier molecular flexibility index (Phi) is 3.13. The fraction of sp³-hybridized carbons (Fsp3) is 0. The number of carboxylic acid groups (broad SMARTS) is 1. The molecule has 1 aromatic heterocycles. The molecule has 0 amide bonds. The lowest BCUT2D eigenvalue weighted by molar-refractivity contribution is 0.0697. The Morgan fingerprint density at radius 2 is 2.00 bits per heavy atom. The minimum absolute atomic E-state index is 0.0442. The van der Waals surface area contributed by atoms with Crippen LogP contribution in [0.4, 0.5) is 4.39 Å². The molecular formula is C14H8BrFN2O3. The predicted octanol–water partition coefficient (Wildman–Crippen LogP) is 2.92. The van der Waals surface area contributed by atoms with Crippen molar-refractivity contribution in [1.29, 1.82) is 0 Å². The topological polar surface area (TPSA) is 75.1 Å². The van der Waals surface area contributed by atoms with E-state index in [0.717, 1.165) is 0 Å². The Morgan fingerprint density at radius 1 is 1.24 bits per heavy atom. The van der Waals surface area contributed by atoms with Gasteiger partial charge in [0.15, 0.2) is 0 Å². The Morgan fingerprint density at radius 3 is 2.71 bits per heavy atom. The lowest BCUT2D eigenvalue weighted by Gasteiger charge is -2.06. The number of H-pyrrole nitrogens is 1. The highest BCUT2D eigenvalue weighted by molar-refractivity contribution is 9.10. The molecule has 0 unspecified atom stereocenters. The summed E-state index contributed by atoms with van der Waals surface area (Å²) in [6, 6.07) is 8.21. The van der Waals surface area contributed by atoms with E-state index in [2.05, 4.69) is 20.9 Å². The standard InChI is InChI=1S/C14H8BrFN2O3/c15-9-3-2-8(16)6-11(9)18-12-5-7(13(19)20)1-4-10(12)17-14(18)21/h1-6H,(H,17,21)(H,19,20). The van der Waals surface area contributed by atoms with Crippen molar-refractivity contribution >= 4 is 32.9 Å². The van der Waals surface area contributed by atoms with Gasteiger partial charge in [-0.25, -0.2) is 14.0 Å². The molecular weight excluding hydrogens is 343 g/mol. The summed E-state index contributed by atoms with van der Waals surface area (Å²) < 4.78 is 15.2. The van der Waals surface area contributed by atoms with E-state index in [0.29, 0.717) is 21.2 Å². The van der Waals surface area contributed by atoms with Crippen LogP contribution in [0.25, 0.3) is 16.7 Å². The molecule has 0 spiro atoms. The highest BCUT2D eigenvalue weighted by atomic mass is 79.9. The fourth-order valence-electron chi connectivity index (χ4n) is 2.13. The van der Waals surface area contributed by atoms with E-state index < -0.39 is 17.5 Å². The van der Waals surface area contributed by atoms with E-state index in [-0.39, 0.29) is 5.56 Å². The van der Waals surface area contributed by atoms with E-state index >= 15 is 0 Å². The second-order valence-electron chi connectivity index (χ2n) is 4.40. The molecule has 3 aromatic rings. The molecule has 0 aliphatic rings. The Bertz CT molecular complexity index is 930. The molecule has 2 aromatic carbocycles. The maximum absolute atomic E-state index is 13.4. The van der Waals surface area contributed by atoms with Crippen molar-refractivity contribution in [3.05, 3.63) is 62.7 Å².